The smallest absolute Gasteiger partial charge is 0.371 e. The van der Waals surface area contributed by atoms with Crippen LogP contribution in [0.25, 0.3) is 0 Å². The monoisotopic (exact) mass is 280 g/mol. The van der Waals surface area contributed by atoms with Crippen molar-refractivity contribution in [3.63, 3.8) is 0 Å². The first-order chi connectivity index (χ1) is 9.27. The molecule has 0 amide bonds. The van der Waals surface area contributed by atoms with Crippen molar-refractivity contribution in [2.24, 2.45) is 11.3 Å². The van der Waals surface area contributed by atoms with Gasteiger partial charge in [0.05, 0.1) is 6.10 Å². The van der Waals surface area contributed by atoms with Crippen molar-refractivity contribution in [3.8, 4) is 0 Å². The molecule has 0 aromatic carbocycles. The molecular formula is C16H24O4. The van der Waals surface area contributed by atoms with Crippen molar-refractivity contribution in [3.05, 3.63) is 23.7 Å². The molecule has 0 aliphatic heterocycles. The fraction of sp³-hybridized carbons (Fsp3) is 0.688. The number of hydrogen-bond donors (Lipinski definition) is 1. The summed E-state index contributed by atoms with van der Waals surface area (Å²) in [6, 6.07) is 3.16. The predicted molar refractivity (Wildman–Crippen MR) is 75.8 cm³/mol. The number of furan rings is 1. The topological polar surface area (TPSA) is 59.7 Å². The first kappa shape index (κ1) is 15.1. The number of carbonyl (C=O) groups is 1. The zero-order valence-corrected chi connectivity index (χ0v) is 12.7. The number of aromatic carboxylic acids is 1. The molecule has 0 radical (unpaired) electrons. The third-order valence-corrected chi connectivity index (χ3v) is 3.98. The predicted octanol–water partition coefficient (Wildman–Crippen LogP) is 4.27. The average Bonchev–Trinajstić information content (AvgIpc) is 2.74. The third-order valence-electron chi connectivity index (χ3n) is 3.98. The maximum atomic E-state index is 10.8. The van der Waals surface area contributed by atoms with Crippen LogP contribution in [0.5, 0.6) is 0 Å². The number of carboxylic acids is 1. The van der Waals surface area contributed by atoms with Crippen LogP contribution in [-0.4, -0.2) is 17.2 Å². The van der Waals surface area contributed by atoms with E-state index in [1.807, 2.05) is 6.92 Å². The summed E-state index contributed by atoms with van der Waals surface area (Å²) in [5.74, 6) is 0.157. The molecular weight excluding hydrogens is 256 g/mol. The fourth-order valence-corrected chi connectivity index (χ4v) is 3.40. The summed E-state index contributed by atoms with van der Waals surface area (Å²) >= 11 is 0. The van der Waals surface area contributed by atoms with Gasteiger partial charge in [0.25, 0.3) is 0 Å². The maximum absolute atomic E-state index is 10.8. The minimum Gasteiger partial charge on any atom is -0.475 e. The van der Waals surface area contributed by atoms with Gasteiger partial charge in [0.1, 0.15) is 11.9 Å². The Labute approximate surface area is 120 Å². The average molecular weight is 280 g/mol. The van der Waals surface area contributed by atoms with E-state index in [0.717, 1.165) is 12.8 Å². The lowest BCUT2D eigenvalue weighted by Crippen LogP contribution is -2.33. The van der Waals surface area contributed by atoms with Crippen molar-refractivity contribution >= 4 is 5.97 Å². The lowest BCUT2D eigenvalue weighted by atomic mass is 9.71. The van der Waals surface area contributed by atoms with Crippen LogP contribution in [0.1, 0.15) is 69.4 Å². The Balaban J connectivity index is 1.99. The van der Waals surface area contributed by atoms with Gasteiger partial charge in [-0.1, -0.05) is 20.8 Å². The number of rotatable bonds is 4. The standard InChI is InChI=1S/C16H24O4/c1-10-7-12(9-16(3,4)8-10)19-11(2)13-5-6-14(20-13)15(17)18/h5-6,10-12H,7-9H2,1-4H3,(H,17,18). The molecule has 4 heteroatoms. The molecule has 1 aliphatic carbocycles. The molecule has 1 aliphatic rings. The highest BCUT2D eigenvalue weighted by molar-refractivity contribution is 5.84. The van der Waals surface area contributed by atoms with Crippen LogP contribution in [0, 0.1) is 11.3 Å². The van der Waals surface area contributed by atoms with Crippen molar-refractivity contribution < 1.29 is 19.1 Å². The summed E-state index contributed by atoms with van der Waals surface area (Å²) in [6.07, 6.45) is 3.32. The molecule has 1 N–H and O–H groups in total. The highest BCUT2D eigenvalue weighted by Gasteiger charge is 2.33. The van der Waals surface area contributed by atoms with E-state index in [0.29, 0.717) is 17.1 Å². The lowest BCUT2D eigenvalue weighted by molar-refractivity contribution is -0.0668. The molecule has 0 saturated heterocycles. The van der Waals surface area contributed by atoms with Crippen molar-refractivity contribution in [2.75, 3.05) is 0 Å². The maximum Gasteiger partial charge on any atom is 0.371 e. The van der Waals surface area contributed by atoms with E-state index in [4.69, 9.17) is 14.3 Å². The van der Waals surface area contributed by atoms with Gasteiger partial charge in [-0.25, -0.2) is 4.79 Å². The highest BCUT2D eigenvalue weighted by Crippen LogP contribution is 2.41. The van der Waals surface area contributed by atoms with Gasteiger partial charge >= 0.3 is 5.97 Å². The summed E-state index contributed by atoms with van der Waals surface area (Å²) < 4.78 is 11.4. The molecule has 1 saturated carbocycles. The van der Waals surface area contributed by atoms with E-state index in [1.54, 1.807) is 6.07 Å². The largest absolute Gasteiger partial charge is 0.475 e. The Morgan fingerprint density at radius 1 is 1.45 bits per heavy atom. The van der Waals surface area contributed by atoms with E-state index in [1.165, 1.54) is 12.5 Å². The van der Waals surface area contributed by atoms with Crippen molar-refractivity contribution in [2.45, 2.75) is 59.2 Å². The van der Waals surface area contributed by atoms with Gasteiger partial charge in [0.15, 0.2) is 0 Å². The second-order valence-corrected chi connectivity index (χ2v) is 6.82. The Kier molecular flexibility index (Phi) is 4.23. The Hall–Kier alpha value is -1.29. The zero-order chi connectivity index (χ0) is 14.9. The van der Waals surface area contributed by atoms with Crippen LogP contribution in [0.2, 0.25) is 0 Å². The van der Waals surface area contributed by atoms with Gasteiger partial charge < -0.3 is 14.3 Å². The van der Waals surface area contributed by atoms with Gasteiger partial charge in [-0.15, -0.1) is 0 Å². The number of hydrogen-bond acceptors (Lipinski definition) is 3. The van der Waals surface area contributed by atoms with Crippen molar-refractivity contribution in [1.82, 2.24) is 0 Å². The quantitative estimate of drug-likeness (QED) is 0.894. The van der Waals surface area contributed by atoms with E-state index < -0.39 is 5.97 Å². The molecule has 0 spiro atoms. The molecule has 20 heavy (non-hydrogen) atoms. The molecule has 0 bridgehead atoms. The van der Waals surface area contributed by atoms with Gasteiger partial charge in [0.2, 0.25) is 5.76 Å². The molecule has 1 aromatic heterocycles. The third kappa shape index (κ3) is 3.63. The minimum absolute atomic E-state index is 0.0345. The van der Waals surface area contributed by atoms with Gasteiger partial charge in [-0.3, -0.25) is 0 Å². The second-order valence-electron chi connectivity index (χ2n) is 6.82. The minimum atomic E-state index is -1.05. The van der Waals surface area contributed by atoms with Crippen LogP contribution in [0.15, 0.2) is 16.5 Å². The molecule has 1 fully saturated rings. The van der Waals surface area contributed by atoms with Crippen LogP contribution in [-0.2, 0) is 4.74 Å². The summed E-state index contributed by atoms with van der Waals surface area (Å²) in [6.45, 7) is 8.73. The van der Waals surface area contributed by atoms with Crippen LogP contribution >= 0.6 is 0 Å². The summed E-state index contributed by atoms with van der Waals surface area (Å²) in [4.78, 5) is 10.8. The van der Waals surface area contributed by atoms with E-state index in [2.05, 4.69) is 20.8 Å². The van der Waals surface area contributed by atoms with E-state index in [-0.39, 0.29) is 18.0 Å². The fourth-order valence-electron chi connectivity index (χ4n) is 3.40. The normalized spacial score (nSPS) is 27.2. The summed E-state index contributed by atoms with van der Waals surface area (Å²) in [5.41, 5.74) is 0.303. The second kappa shape index (κ2) is 5.60. The molecule has 2 rings (SSSR count). The molecule has 3 unspecified atom stereocenters. The number of carboxylic acid groups (broad SMARTS) is 1. The molecule has 4 nitrogen and oxygen atoms in total. The molecule has 1 aromatic rings. The zero-order valence-electron chi connectivity index (χ0n) is 12.7. The van der Waals surface area contributed by atoms with Crippen LogP contribution < -0.4 is 0 Å². The molecule has 112 valence electrons. The Morgan fingerprint density at radius 3 is 2.70 bits per heavy atom. The van der Waals surface area contributed by atoms with Crippen molar-refractivity contribution in [1.29, 1.82) is 0 Å². The Bertz CT molecular complexity index is 475. The summed E-state index contributed by atoms with van der Waals surface area (Å²) in [7, 11) is 0. The lowest BCUT2D eigenvalue weighted by Gasteiger charge is -2.39. The van der Waals surface area contributed by atoms with Crippen LogP contribution in [0.4, 0.5) is 0 Å². The highest BCUT2D eigenvalue weighted by atomic mass is 16.5. The van der Waals surface area contributed by atoms with Crippen LogP contribution in [0.3, 0.4) is 0 Å². The van der Waals surface area contributed by atoms with E-state index in [9.17, 15) is 4.79 Å². The number of ether oxygens (including phenoxy) is 1. The SMILES string of the molecule is CC1CC(OC(C)c2ccc(C(=O)O)o2)CC(C)(C)C1. The Morgan fingerprint density at radius 2 is 2.15 bits per heavy atom. The summed E-state index contributed by atoms with van der Waals surface area (Å²) in [5, 5.41) is 8.87. The van der Waals surface area contributed by atoms with Gasteiger partial charge in [-0.05, 0) is 49.7 Å². The first-order valence-electron chi connectivity index (χ1n) is 7.25. The van der Waals surface area contributed by atoms with Gasteiger partial charge in [0, 0.05) is 0 Å². The van der Waals surface area contributed by atoms with Gasteiger partial charge in [-0.2, -0.15) is 0 Å². The van der Waals surface area contributed by atoms with E-state index >= 15 is 0 Å². The molecule has 1 heterocycles. The molecule has 3 atom stereocenters. The first-order valence-corrected chi connectivity index (χ1v) is 7.25.